The van der Waals surface area contributed by atoms with Crippen LogP contribution in [0, 0.1) is 13.8 Å². The highest BCUT2D eigenvalue weighted by molar-refractivity contribution is 7.91. The standard InChI is InChI=1S/C14H21NO5S/c1-9-6-13(11(3)20-9)10(2)15(7-14(16)17)12-4-5-21(18,19)8-12/h6,10,12H,4-5,7-8H2,1-3H3,(H,16,17). The molecule has 0 aromatic carbocycles. The van der Waals surface area contributed by atoms with Gasteiger partial charge in [-0.1, -0.05) is 0 Å². The highest BCUT2D eigenvalue weighted by atomic mass is 32.2. The van der Waals surface area contributed by atoms with Crippen molar-refractivity contribution in [3.05, 3.63) is 23.2 Å². The third-order valence-corrected chi connectivity index (χ3v) is 5.77. The molecule has 1 aliphatic heterocycles. The fourth-order valence-electron chi connectivity index (χ4n) is 3.02. The average Bonchev–Trinajstić information content (AvgIpc) is 2.87. The zero-order chi connectivity index (χ0) is 15.8. The van der Waals surface area contributed by atoms with Crippen LogP contribution in [0.2, 0.25) is 0 Å². The van der Waals surface area contributed by atoms with E-state index in [1.165, 1.54) is 0 Å². The highest BCUT2D eigenvalue weighted by Gasteiger charge is 2.36. The number of aryl methyl sites for hydroxylation is 2. The maximum atomic E-state index is 11.7. The molecule has 7 heteroatoms. The minimum Gasteiger partial charge on any atom is -0.480 e. The van der Waals surface area contributed by atoms with Gasteiger partial charge >= 0.3 is 5.97 Å². The Balaban J connectivity index is 2.27. The SMILES string of the molecule is Cc1cc(C(C)N(CC(=O)O)C2CCS(=O)(=O)C2)c(C)o1. The molecular formula is C14H21NO5S. The number of aliphatic carboxylic acids is 1. The molecule has 0 amide bonds. The van der Waals surface area contributed by atoms with Gasteiger partial charge in [0, 0.05) is 17.6 Å². The molecule has 0 saturated carbocycles. The molecule has 0 aliphatic carbocycles. The number of nitrogens with zero attached hydrogens (tertiary/aromatic N) is 1. The van der Waals surface area contributed by atoms with Gasteiger partial charge in [0.1, 0.15) is 11.5 Å². The largest absolute Gasteiger partial charge is 0.480 e. The van der Waals surface area contributed by atoms with Crippen molar-refractivity contribution >= 4 is 15.8 Å². The zero-order valence-corrected chi connectivity index (χ0v) is 13.3. The second-order valence-electron chi connectivity index (χ2n) is 5.67. The molecule has 1 aromatic heterocycles. The molecule has 1 saturated heterocycles. The highest BCUT2D eigenvalue weighted by Crippen LogP contribution is 2.30. The van der Waals surface area contributed by atoms with Crippen molar-refractivity contribution in [2.45, 2.75) is 39.3 Å². The number of hydrogen-bond donors (Lipinski definition) is 1. The first-order valence-corrected chi connectivity index (χ1v) is 8.76. The first-order chi connectivity index (χ1) is 9.69. The summed E-state index contributed by atoms with van der Waals surface area (Å²) < 4.78 is 28.8. The van der Waals surface area contributed by atoms with Gasteiger partial charge in [-0.3, -0.25) is 9.69 Å². The van der Waals surface area contributed by atoms with Gasteiger partial charge in [0.05, 0.1) is 18.1 Å². The van der Waals surface area contributed by atoms with Crippen LogP contribution in [-0.2, 0) is 14.6 Å². The first-order valence-electron chi connectivity index (χ1n) is 6.94. The molecule has 0 bridgehead atoms. The van der Waals surface area contributed by atoms with E-state index < -0.39 is 15.8 Å². The lowest BCUT2D eigenvalue weighted by Gasteiger charge is -2.32. The van der Waals surface area contributed by atoms with Gasteiger partial charge < -0.3 is 9.52 Å². The van der Waals surface area contributed by atoms with E-state index in [4.69, 9.17) is 9.52 Å². The van der Waals surface area contributed by atoms with Gasteiger partial charge in [0.25, 0.3) is 0 Å². The number of rotatable bonds is 5. The first kappa shape index (κ1) is 16.0. The van der Waals surface area contributed by atoms with Crippen molar-refractivity contribution in [2.75, 3.05) is 18.1 Å². The van der Waals surface area contributed by atoms with E-state index >= 15 is 0 Å². The Morgan fingerprint density at radius 3 is 2.62 bits per heavy atom. The van der Waals surface area contributed by atoms with Crippen molar-refractivity contribution < 1.29 is 22.7 Å². The normalized spacial score (nSPS) is 22.6. The molecule has 1 N–H and O–H groups in total. The predicted molar refractivity (Wildman–Crippen MR) is 78.0 cm³/mol. The lowest BCUT2D eigenvalue weighted by Crippen LogP contribution is -2.41. The Hall–Kier alpha value is -1.34. The summed E-state index contributed by atoms with van der Waals surface area (Å²) >= 11 is 0. The monoisotopic (exact) mass is 315 g/mol. The number of carboxylic acids is 1. The van der Waals surface area contributed by atoms with Crippen LogP contribution >= 0.6 is 0 Å². The van der Waals surface area contributed by atoms with E-state index in [2.05, 4.69) is 0 Å². The second kappa shape index (κ2) is 5.81. The fourth-order valence-corrected chi connectivity index (χ4v) is 4.76. The molecule has 1 aromatic rings. The maximum absolute atomic E-state index is 11.7. The summed E-state index contributed by atoms with van der Waals surface area (Å²) in [4.78, 5) is 12.9. The molecule has 1 aliphatic rings. The van der Waals surface area contributed by atoms with Gasteiger partial charge in [0.2, 0.25) is 0 Å². The molecule has 118 valence electrons. The lowest BCUT2D eigenvalue weighted by atomic mass is 10.0. The van der Waals surface area contributed by atoms with Gasteiger partial charge in [-0.25, -0.2) is 8.42 Å². The number of hydrogen-bond acceptors (Lipinski definition) is 5. The molecule has 2 unspecified atom stereocenters. The van der Waals surface area contributed by atoms with E-state index in [0.29, 0.717) is 6.42 Å². The van der Waals surface area contributed by atoms with E-state index in [1.54, 1.807) is 4.90 Å². The second-order valence-corrected chi connectivity index (χ2v) is 7.90. The Morgan fingerprint density at radius 2 is 2.19 bits per heavy atom. The number of carboxylic acid groups (broad SMARTS) is 1. The zero-order valence-electron chi connectivity index (χ0n) is 12.5. The minimum atomic E-state index is -3.05. The molecule has 2 atom stereocenters. The van der Waals surface area contributed by atoms with Crippen LogP contribution in [-0.4, -0.2) is 48.5 Å². The summed E-state index contributed by atoms with van der Waals surface area (Å²) in [6.07, 6.45) is 0.482. The van der Waals surface area contributed by atoms with Crippen molar-refractivity contribution in [3.8, 4) is 0 Å². The van der Waals surface area contributed by atoms with E-state index in [1.807, 2.05) is 26.8 Å². The van der Waals surface area contributed by atoms with Gasteiger partial charge in [-0.15, -0.1) is 0 Å². The van der Waals surface area contributed by atoms with E-state index in [-0.39, 0.29) is 30.1 Å². The van der Waals surface area contributed by atoms with E-state index in [9.17, 15) is 13.2 Å². The quantitative estimate of drug-likeness (QED) is 0.886. The van der Waals surface area contributed by atoms with Gasteiger partial charge in [-0.2, -0.15) is 0 Å². The van der Waals surface area contributed by atoms with Crippen molar-refractivity contribution in [1.29, 1.82) is 0 Å². The van der Waals surface area contributed by atoms with Crippen molar-refractivity contribution in [3.63, 3.8) is 0 Å². The summed E-state index contributed by atoms with van der Waals surface area (Å²) in [6, 6.07) is 1.44. The van der Waals surface area contributed by atoms with Crippen molar-refractivity contribution in [2.24, 2.45) is 0 Å². The molecule has 0 radical (unpaired) electrons. The molecular weight excluding hydrogens is 294 g/mol. The third kappa shape index (κ3) is 3.65. The summed E-state index contributed by atoms with van der Waals surface area (Å²) in [5.74, 6) is 0.716. The van der Waals surface area contributed by atoms with Crippen LogP contribution in [0.1, 0.15) is 36.5 Å². The molecule has 0 spiro atoms. The van der Waals surface area contributed by atoms with Crippen LogP contribution in [0.15, 0.2) is 10.5 Å². The fraction of sp³-hybridized carbons (Fsp3) is 0.643. The summed E-state index contributed by atoms with van der Waals surface area (Å²) in [7, 11) is -3.05. The van der Waals surface area contributed by atoms with Crippen LogP contribution < -0.4 is 0 Å². The number of sulfone groups is 1. The third-order valence-electron chi connectivity index (χ3n) is 4.02. The maximum Gasteiger partial charge on any atom is 0.317 e. The van der Waals surface area contributed by atoms with Gasteiger partial charge in [-0.05, 0) is 33.3 Å². The van der Waals surface area contributed by atoms with Crippen molar-refractivity contribution in [1.82, 2.24) is 4.90 Å². The smallest absolute Gasteiger partial charge is 0.317 e. The van der Waals surface area contributed by atoms with E-state index in [0.717, 1.165) is 17.1 Å². The van der Waals surface area contributed by atoms with Crippen LogP contribution in [0.25, 0.3) is 0 Å². The van der Waals surface area contributed by atoms with Crippen LogP contribution in [0.4, 0.5) is 0 Å². The average molecular weight is 315 g/mol. The molecule has 1 fully saturated rings. The van der Waals surface area contributed by atoms with Gasteiger partial charge in [0.15, 0.2) is 9.84 Å². The summed E-state index contributed by atoms with van der Waals surface area (Å²) in [6.45, 7) is 5.39. The summed E-state index contributed by atoms with van der Waals surface area (Å²) in [5.41, 5.74) is 0.915. The van der Waals surface area contributed by atoms with Crippen LogP contribution in [0.3, 0.4) is 0 Å². The Morgan fingerprint density at radius 1 is 1.52 bits per heavy atom. The molecule has 2 rings (SSSR count). The summed E-state index contributed by atoms with van der Waals surface area (Å²) in [5, 5.41) is 9.13. The Labute approximate surface area is 124 Å². The van der Waals surface area contributed by atoms with Crippen LogP contribution in [0.5, 0.6) is 0 Å². The molecule has 6 nitrogen and oxygen atoms in total. The predicted octanol–water partition coefficient (Wildman–Crippen LogP) is 1.53. The number of carbonyl (C=O) groups is 1. The Bertz CT molecular complexity index is 634. The minimum absolute atomic E-state index is 0.0283. The molecule has 2 heterocycles. The molecule has 21 heavy (non-hydrogen) atoms. The topological polar surface area (TPSA) is 87.8 Å². The lowest BCUT2D eigenvalue weighted by molar-refractivity contribution is -0.139. The Kier molecular flexibility index (Phi) is 4.43. The number of furan rings is 1.